The van der Waals surface area contributed by atoms with Crippen LogP contribution in [0.25, 0.3) is 105 Å². The van der Waals surface area contributed by atoms with Gasteiger partial charge < -0.3 is 4.42 Å². The van der Waals surface area contributed by atoms with Crippen LogP contribution < -0.4 is 0 Å². The quantitative estimate of drug-likeness (QED) is 0.142. The van der Waals surface area contributed by atoms with E-state index < -0.39 is 0 Å². The van der Waals surface area contributed by atoms with Gasteiger partial charge in [0.05, 0.1) is 33.1 Å². The van der Waals surface area contributed by atoms with E-state index in [1.165, 1.54) is 0 Å². The van der Waals surface area contributed by atoms with Gasteiger partial charge >= 0.3 is 0 Å². The number of nitriles is 1. The maximum atomic E-state index is 9.24. The lowest BCUT2D eigenvalue weighted by molar-refractivity contribution is 0.669. The zero-order chi connectivity index (χ0) is 39.0. The standard InChI is InChI=1S/C50H30N6OS/c1-2-3-4-8-19-40-46-44(36-15-9-10-21-42(36)58-46)53-50(52-40)39-18-11-16-37-43-38(17-12-20-41(43)57-45(37)39)49-55-47(34-13-6-5-7-14-34)54-48(56-49)35-28-26-33(27-29-35)32-24-22-31(30-51)23-25-32/h2-29H,1H2/b4-3-,19-8+. The van der Waals surface area contributed by atoms with Gasteiger partial charge in [0.25, 0.3) is 0 Å². The highest BCUT2D eigenvalue weighted by molar-refractivity contribution is 7.26. The van der Waals surface area contributed by atoms with Crippen LogP contribution in [0.15, 0.2) is 175 Å². The van der Waals surface area contributed by atoms with E-state index in [9.17, 15) is 5.26 Å². The van der Waals surface area contributed by atoms with Crippen molar-refractivity contribution in [3.05, 3.63) is 182 Å². The van der Waals surface area contributed by atoms with Crippen LogP contribution >= 0.6 is 11.3 Å². The molecule has 0 aliphatic rings. The Bertz CT molecular complexity index is 3300. The molecule has 58 heavy (non-hydrogen) atoms. The number of hydrogen-bond donors (Lipinski definition) is 0. The molecule has 0 saturated carbocycles. The van der Waals surface area contributed by atoms with Gasteiger partial charge in [-0.25, -0.2) is 24.9 Å². The lowest BCUT2D eigenvalue weighted by Crippen LogP contribution is -2.00. The van der Waals surface area contributed by atoms with Crippen LogP contribution in [0.1, 0.15) is 11.3 Å². The van der Waals surface area contributed by atoms with E-state index in [4.69, 9.17) is 29.3 Å². The van der Waals surface area contributed by atoms with Crippen LogP contribution in [0.3, 0.4) is 0 Å². The van der Waals surface area contributed by atoms with Gasteiger partial charge in [-0.1, -0.05) is 140 Å². The first-order valence-electron chi connectivity index (χ1n) is 18.7. The van der Waals surface area contributed by atoms with Gasteiger partial charge in [-0.15, -0.1) is 11.3 Å². The summed E-state index contributed by atoms with van der Waals surface area (Å²) in [6.07, 6.45) is 9.57. The molecule has 8 heteroatoms. The molecule has 0 atom stereocenters. The van der Waals surface area contributed by atoms with Crippen LogP contribution in [0, 0.1) is 11.3 Å². The lowest BCUT2D eigenvalue weighted by atomic mass is 10.0. The predicted octanol–water partition coefficient (Wildman–Crippen LogP) is 12.9. The zero-order valence-electron chi connectivity index (χ0n) is 30.9. The van der Waals surface area contributed by atoms with Gasteiger partial charge in [0.15, 0.2) is 23.3 Å². The molecule has 0 aliphatic carbocycles. The van der Waals surface area contributed by atoms with E-state index >= 15 is 0 Å². The monoisotopic (exact) mass is 762 g/mol. The minimum Gasteiger partial charge on any atom is -0.455 e. The number of hydrogen-bond acceptors (Lipinski definition) is 8. The molecule has 6 aromatic carbocycles. The summed E-state index contributed by atoms with van der Waals surface area (Å²) >= 11 is 1.69. The molecule has 0 fully saturated rings. The Morgan fingerprint density at radius 3 is 1.97 bits per heavy atom. The van der Waals surface area contributed by atoms with Gasteiger partial charge in [-0.05, 0) is 47.5 Å². The van der Waals surface area contributed by atoms with E-state index in [0.717, 1.165) is 70.1 Å². The number of benzene rings is 6. The zero-order valence-corrected chi connectivity index (χ0v) is 31.7. The third-order valence-electron chi connectivity index (χ3n) is 10.0. The van der Waals surface area contributed by atoms with Gasteiger partial charge in [-0.3, -0.25) is 0 Å². The Hall–Kier alpha value is -7.86. The van der Waals surface area contributed by atoms with Crippen LogP contribution in [-0.4, -0.2) is 24.9 Å². The van der Waals surface area contributed by atoms with Crippen LogP contribution in [0.4, 0.5) is 0 Å². The molecule has 10 rings (SSSR count). The highest BCUT2D eigenvalue weighted by Crippen LogP contribution is 2.41. The molecule has 0 spiro atoms. The molecule has 7 nitrogen and oxygen atoms in total. The number of furan rings is 1. The Morgan fingerprint density at radius 1 is 0.552 bits per heavy atom. The molecule has 4 aromatic heterocycles. The minimum atomic E-state index is 0.529. The van der Waals surface area contributed by atoms with Crippen molar-refractivity contribution in [1.82, 2.24) is 24.9 Å². The first kappa shape index (κ1) is 34.6. The van der Waals surface area contributed by atoms with E-state index in [1.54, 1.807) is 17.4 Å². The summed E-state index contributed by atoms with van der Waals surface area (Å²) in [5.74, 6) is 2.22. The minimum absolute atomic E-state index is 0.529. The Labute approximate surface area is 337 Å². The first-order chi connectivity index (χ1) is 28.6. The summed E-state index contributed by atoms with van der Waals surface area (Å²) in [6.45, 7) is 3.79. The third-order valence-corrected chi connectivity index (χ3v) is 11.2. The van der Waals surface area contributed by atoms with Gasteiger partial charge in [0, 0.05) is 37.5 Å². The number of allylic oxidation sites excluding steroid dienone is 4. The van der Waals surface area contributed by atoms with Crippen molar-refractivity contribution in [2.45, 2.75) is 0 Å². The fourth-order valence-electron chi connectivity index (χ4n) is 7.24. The number of rotatable bonds is 8. The molecule has 0 N–H and O–H groups in total. The molecular formula is C50H30N6OS. The Kier molecular flexibility index (Phi) is 8.75. The van der Waals surface area contributed by atoms with Gasteiger partial charge in [0.1, 0.15) is 11.2 Å². The second-order valence-electron chi connectivity index (χ2n) is 13.6. The highest BCUT2D eigenvalue weighted by atomic mass is 32.1. The smallest absolute Gasteiger partial charge is 0.164 e. The fraction of sp³-hybridized carbons (Fsp3) is 0. The van der Waals surface area contributed by atoms with Crippen molar-refractivity contribution < 1.29 is 4.42 Å². The average molecular weight is 763 g/mol. The number of aromatic nitrogens is 5. The van der Waals surface area contributed by atoms with Crippen molar-refractivity contribution in [1.29, 1.82) is 5.26 Å². The number of fused-ring (bicyclic) bond motifs is 6. The van der Waals surface area contributed by atoms with E-state index in [2.05, 4.69) is 30.8 Å². The van der Waals surface area contributed by atoms with Crippen LogP contribution in [-0.2, 0) is 0 Å². The summed E-state index contributed by atoms with van der Waals surface area (Å²) in [6, 6.07) is 48.2. The molecule has 10 aromatic rings. The maximum Gasteiger partial charge on any atom is 0.164 e. The number of nitrogens with zero attached hydrogens (tertiary/aromatic N) is 6. The van der Waals surface area contributed by atoms with Crippen LogP contribution in [0.5, 0.6) is 0 Å². The van der Waals surface area contributed by atoms with Gasteiger partial charge in [-0.2, -0.15) is 5.26 Å². The Balaban J connectivity index is 1.13. The SMILES string of the molecule is C=C/C=C\C=C\c1nc(-c2cccc3c2oc2cccc(-c4nc(-c5ccccc5)nc(-c5ccc(-c6ccc(C#N)cc6)cc5)n4)c23)nc2c1sc1ccccc12. The topological polar surface area (TPSA) is 101 Å². The normalized spacial score (nSPS) is 11.7. The van der Waals surface area contributed by atoms with Crippen LogP contribution in [0.2, 0.25) is 0 Å². The second-order valence-corrected chi connectivity index (χ2v) is 14.6. The summed E-state index contributed by atoms with van der Waals surface area (Å²) in [4.78, 5) is 25.5. The van der Waals surface area contributed by atoms with E-state index in [-0.39, 0.29) is 0 Å². The fourth-order valence-corrected chi connectivity index (χ4v) is 8.35. The molecule has 4 heterocycles. The summed E-state index contributed by atoms with van der Waals surface area (Å²) < 4.78 is 8.90. The third kappa shape index (κ3) is 6.22. The Morgan fingerprint density at radius 2 is 1.19 bits per heavy atom. The molecular weight excluding hydrogens is 733 g/mol. The molecule has 272 valence electrons. The lowest BCUT2D eigenvalue weighted by Gasteiger charge is -2.10. The van der Waals surface area contributed by atoms with E-state index in [1.807, 2.05) is 146 Å². The van der Waals surface area contributed by atoms with Crippen molar-refractivity contribution in [2.24, 2.45) is 0 Å². The molecule has 0 radical (unpaired) electrons. The largest absolute Gasteiger partial charge is 0.455 e. The average Bonchev–Trinajstić information content (AvgIpc) is 3.87. The molecule has 0 unspecified atom stereocenters. The maximum absolute atomic E-state index is 9.24. The molecule has 0 bridgehead atoms. The highest BCUT2D eigenvalue weighted by Gasteiger charge is 2.22. The molecule has 0 aliphatic heterocycles. The summed E-state index contributed by atoms with van der Waals surface area (Å²) in [5.41, 5.74) is 9.13. The summed E-state index contributed by atoms with van der Waals surface area (Å²) in [5, 5.41) is 12.1. The van der Waals surface area contributed by atoms with Crippen molar-refractivity contribution in [3.63, 3.8) is 0 Å². The molecule has 0 amide bonds. The molecule has 0 saturated heterocycles. The van der Waals surface area contributed by atoms with Crippen molar-refractivity contribution in [2.75, 3.05) is 0 Å². The number of para-hydroxylation sites is 1. The first-order valence-corrected chi connectivity index (χ1v) is 19.5. The van der Waals surface area contributed by atoms with Crippen molar-refractivity contribution >= 4 is 59.7 Å². The van der Waals surface area contributed by atoms with Crippen molar-refractivity contribution in [3.8, 4) is 62.7 Å². The summed E-state index contributed by atoms with van der Waals surface area (Å²) in [7, 11) is 0. The van der Waals surface area contributed by atoms with Gasteiger partial charge in [0.2, 0.25) is 0 Å². The second kappa shape index (κ2) is 14.7. The predicted molar refractivity (Wildman–Crippen MR) is 236 cm³/mol. The van der Waals surface area contributed by atoms with E-state index in [0.29, 0.717) is 40.0 Å². The number of thiophene rings is 1.